The Bertz CT molecular complexity index is 519. The van der Waals surface area contributed by atoms with Crippen molar-refractivity contribution in [3.05, 3.63) is 59.6 Å². The number of hydrogen-bond acceptors (Lipinski definition) is 2. The zero-order chi connectivity index (χ0) is 14.5. The highest BCUT2D eigenvalue weighted by Crippen LogP contribution is 2.20. The molecule has 2 atom stereocenters. The van der Waals surface area contributed by atoms with Gasteiger partial charge in [-0.25, -0.2) is 8.78 Å². The summed E-state index contributed by atoms with van der Waals surface area (Å²) in [5, 5.41) is 3.34. The molecule has 2 nitrogen and oxygen atoms in total. The van der Waals surface area contributed by atoms with Gasteiger partial charge in [-0.1, -0.05) is 13.0 Å². The molecule has 1 aromatic carbocycles. The highest BCUT2D eigenvalue weighted by Gasteiger charge is 2.17. The first-order valence-electron chi connectivity index (χ1n) is 6.84. The van der Waals surface area contributed by atoms with Crippen molar-refractivity contribution in [1.29, 1.82) is 0 Å². The molecule has 0 aliphatic rings. The van der Waals surface area contributed by atoms with Crippen molar-refractivity contribution in [2.45, 2.75) is 38.8 Å². The summed E-state index contributed by atoms with van der Waals surface area (Å²) < 4.78 is 32.6. The Balaban J connectivity index is 2.03. The van der Waals surface area contributed by atoms with E-state index >= 15 is 0 Å². The quantitative estimate of drug-likeness (QED) is 0.856. The average molecular weight is 279 g/mol. The second kappa shape index (κ2) is 6.66. The minimum Gasteiger partial charge on any atom is -0.468 e. The van der Waals surface area contributed by atoms with Gasteiger partial charge in [0.1, 0.15) is 17.4 Å². The van der Waals surface area contributed by atoms with E-state index in [1.165, 1.54) is 18.2 Å². The fourth-order valence-corrected chi connectivity index (χ4v) is 2.33. The van der Waals surface area contributed by atoms with Crippen LogP contribution in [0.1, 0.15) is 37.6 Å². The second-order valence-corrected chi connectivity index (χ2v) is 4.95. The molecule has 20 heavy (non-hydrogen) atoms. The molecule has 0 saturated heterocycles. The van der Waals surface area contributed by atoms with Crippen LogP contribution in [0.5, 0.6) is 0 Å². The number of halogens is 2. The molecule has 108 valence electrons. The number of nitrogens with one attached hydrogen (secondary N) is 1. The van der Waals surface area contributed by atoms with E-state index in [2.05, 4.69) is 5.32 Å². The molecule has 0 aliphatic carbocycles. The van der Waals surface area contributed by atoms with E-state index in [-0.39, 0.29) is 17.6 Å². The van der Waals surface area contributed by atoms with Crippen molar-refractivity contribution < 1.29 is 13.2 Å². The van der Waals surface area contributed by atoms with E-state index in [0.29, 0.717) is 6.42 Å². The predicted octanol–water partition coefficient (Wildman–Crippen LogP) is 4.23. The normalized spacial score (nSPS) is 14.2. The SMILES string of the molecule is CCC(NC(C)Cc1c(F)cccc1F)c1ccco1. The number of furan rings is 1. The molecule has 0 aliphatic heterocycles. The monoisotopic (exact) mass is 279 g/mol. The van der Waals surface area contributed by atoms with Crippen molar-refractivity contribution in [2.75, 3.05) is 0 Å². The zero-order valence-corrected chi connectivity index (χ0v) is 11.7. The van der Waals surface area contributed by atoms with Crippen LogP contribution in [0.15, 0.2) is 41.0 Å². The van der Waals surface area contributed by atoms with Crippen molar-refractivity contribution in [3.63, 3.8) is 0 Å². The maximum absolute atomic E-state index is 13.6. The van der Waals surface area contributed by atoms with Crippen molar-refractivity contribution >= 4 is 0 Å². The summed E-state index contributed by atoms with van der Waals surface area (Å²) in [6.45, 7) is 3.95. The van der Waals surface area contributed by atoms with E-state index in [1.54, 1.807) is 6.26 Å². The lowest BCUT2D eigenvalue weighted by Gasteiger charge is -2.21. The molecule has 1 N–H and O–H groups in total. The zero-order valence-electron chi connectivity index (χ0n) is 11.7. The third kappa shape index (κ3) is 3.45. The van der Waals surface area contributed by atoms with Crippen LogP contribution in [0.4, 0.5) is 8.78 Å². The van der Waals surface area contributed by atoms with Gasteiger partial charge >= 0.3 is 0 Å². The third-order valence-corrected chi connectivity index (χ3v) is 3.35. The van der Waals surface area contributed by atoms with Gasteiger partial charge in [0.2, 0.25) is 0 Å². The maximum Gasteiger partial charge on any atom is 0.129 e. The molecule has 2 unspecified atom stereocenters. The standard InChI is InChI=1S/C16H19F2NO/c1-3-15(16-8-5-9-20-16)19-11(2)10-12-13(17)6-4-7-14(12)18/h4-9,11,15,19H,3,10H2,1-2H3. The number of hydrogen-bond donors (Lipinski definition) is 1. The average Bonchev–Trinajstić information content (AvgIpc) is 2.94. The van der Waals surface area contributed by atoms with Crippen molar-refractivity contribution in [2.24, 2.45) is 0 Å². The summed E-state index contributed by atoms with van der Waals surface area (Å²) in [4.78, 5) is 0. The van der Waals surface area contributed by atoms with Crippen molar-refractivity contribution in [1.82, 2.24) is 5.32 Å². The minimum atomic E-state index is -0.496. The lowest BCUT2D eigenvalue weighted by molar-refractivity contribution is 0.368. The fraction of sp³-hybridized carbons (Fsp3) is 0.375. The lowest BCUT2D eigenvalue weighted by Crippen LogP contribution is -2.32. The highest BCUT2D eigenvalue weighted by molar-refractivity contribution is 5.20. The fourth-order valence-electron chi connectivity index (χ4n) is 2.33. The molecule has 0 amide bonds. The molecule has 0 spiro atoms. The minimum absolute atomic E-state index is 0.0508. The van der Waals surface area contributed by atoms with Crippen LogP contribution in [0.3, 0.4) is 0 Å². The summed E-state index contributed by atoms with van der Waals surface area (Å²) in [6, 6.07) is 7.68. The summed E-state index contributed by atoms with van der Waals surface area (Å²) in [7, 11) is 0. The molecule has 0 bridgehead atoms. The Morgan fingerprint density at radius 2 is 1.85 bits per heavy atom. The maximum atomic E-state index is 13.6. The second-order valence-electron chi connectivity index (χ2n) is 4.95. The summed E-state index contributed by atoms with van der Waals surface area (Å²) in [5.41, 5.74) is 0.127. The molecule has 1 aromatic heterocycles. The Hall–Kier alpha value is -1.68. The van der Waals surface area contributed by atoms with Gasteiger partial charge in [-0.3, -0.25) is 0 Å². The number of benzene rings is 1. The third-order valence-electron chi connectivity index (χ3n) is 3.35. The Morgan fingerprint density at radius 1 is 1.15 bits per heavy atom. The molecular formula is C16H19F2NO. The van der Waals surface area contributed by atoms with Crippen LogP contribution in [0, 0.1) is 11.6 Å². The van der Waals surface area contributed by atoms with Crippen LogP contribution >= 0.6 is 0 Å². The molecule has 0 saturated carbocycles. The molecule has 0 radical (unpaired) electrons. The largest absolute Gasteiger partial charge is 0.468 e. The Labute approximate surface area is 117 Å². The predicted molar refractivity (Wildman–Crippen MR) is 74.4 cm³/mol. The van der Waals surface area contributed by atoms with Crippen LogP contribution in [0.2, 0.25) is 0 Å². The molecule has 1 heterocycles. The van der Waals surface area contributed by atoms with Crippen LogP contribution in [-0.4, -0.2) is 6.04 Å². The van der Waals surface area contributed by atoms with Gasteiger partial charge < -0.3 is 9.73 Å². The van der Waals surface area contributed by atoms with E-state index in [4.69, 9.17) is 4.42 Å². The van der Waals surface area contributed by atoms with Crippen LogP contribution in [0.25, 0.3) is 0 Å². The molecule has 2 rings (SSSR count). The molecular weight excluding hydrogens is 260 g/mol. The van der Waals surface area contributed by atoms with Gasteiger partial charge in [0, 0.05) is 11.6 Å². The summed E-state index contributed by atoms with van der Waals surface area (Å²) in [6.07, 6.45) is 2.77. The first kappa shape index (κ1) is 14.7. The van der Waals surface area contributed by atoms with E-state index in [0.717, 1.165) is 12.2 Å². The smallest absolute Gasteiger partial charge is 0.129 e. The van der Waals surface area contributed by atoms with Gasteiger partial charge in [0.05, 0.1) is 12.3 Å². The van der Waals surface area contributed by atoms with E-state index in [9.17, 15) is 8.78 Å². The van der Waals surface area contributed by atoms with Gasteiger partial charge in [-0.2, -0.15) is 0 Å². The number of rotatable bonds is 6. The van der Waals surface area contributed by atoms with Crippen LogP contribution in [-0.2, 0) is 6.42 Å². The van der Waals surface area contributed by atoms with Gasteiger partial charge in [0.15, 0.2) is 0 Å². The van der Waals surface area contributed by atoms with Crippen molar-refractivity contribution in [3.8, 4) is 0 Å². The van der Waals surface area contributed by atoms with E-state index in [1.807, 2.05) is 26.0 Å². The highest BCUT2D eigenvalue weighted by atomic mass is 19.1. The van der Waals surface area contributed by atoms with Crippen LogP contribution < -0.4 is 5.32 Å². The lowest BCUT2D eigenvalue weighted by atomic mass is 10.0. The summed E-state index contributed by atoms with van der Waals surface area (Å²) >= 11 is 0. The topological polar surface area (TPSA) is 25.2 Å². The van der Waals surface area contributed by atoms with Gasteiger partial charge in [-0.15, -0.1) is 0 Å². The Morgan fingerprint density at radius 3 is 2.40 bits per heavy atom. The van der Waals surface area contributed by atoms with Gasteiger partial charge in [-0.05, 0) is 44.0 Å². The van der Waals surface area contributed by atoms with E-state index < -0.39 is 11.6 Å². The van der Waals surface area contributed by atoms with Gasteiger partial charge in [0.25, 0.3) is 0 Å². The summed E-state index contributed by atoms with van der Waals surface area (Å²) in [5.74, 6) is -0.150. The Kier molecular flexibility index (Phi) is 4.90. The molecule has 4 heteroatoms. The molecule has 0 fully saturated rings. The first-order chi connectivity index (χ1) is 9.61. The molecule has 2 aromatic rings. The first-order valence-corrected chi connectivity index (χ1v) is 6.84.